The standard InChI is InChI=1S/C16H25NO3S/c1-13(9-11-18)21-12-10-16(17-2,15(19)20-3)14-7-5-4-6-8-14/h4-8,13,17-18H,9-12H2,1-3H3. The summed E-state index contributed by atoms with van der Waals surface area (Å²) in [7, 11) is 3.20. The summed E-state index contributed by atoms with van der Waals surface area (Å²) in [6.45, 7) is 2.28. The minimum absolute atomic E-state index is 0.195. The van der Waals surface area contributed by atoms with Gasteiger partial charge in [0, 0.05) is 11.9 Å². The van der Waals surface area contributed by atoms with E-state index in [1.54, 1.807) is 18.8 Å². The van der Waals surface area contributed by atoms with Gasteiger partial charge in [-0.2, -0.15) is 11.8 Å². The Bertz CT molecular complexity index is 427. The number of ether oxygens (including phenoxy) is 1. The van der Waals surface area contributed by atoms with E-state index < -0.39 is 5.54 Å². The predicted molar refractivity (Wildman–Crippen MR) is 87.4 cm³/mol. The second-order valence-electron chi connectivity index (χ2n) is 4.96. The van der Waals surface area contributed by atoms with Crippen LogP contribution in [-0.4, -0.2) is 42.8 Å². The Labute approximate surface area is 131 Å². The Balaban J connectivity index is 2.85. The molecule has 2 atom stereocenters. The molecule has 0 aliphatic carbocycles. The van der Waals surface area contributed by atoms with Crippen molar-refractivity contribution in [1.82, 2.24) is 5.32 Å². The van der Waals surface area contributed by atoms with Crippen LogP contribution >= 0.6 is 11.8 Å². The van der Waals surface area contributed by atoms with E-state index in [9.17, 15) is 4.79 Å². The molecule has 2 unspecified atom stereocenters. The number of nitrogens with one attached hydrogen (secondary N) is 1. The fourth-order valence-corrected chi connectivity index (χ4v) is 3.41. The third kappa shape index (κ3) is 4.73. The van der Waals surface area contributed by atoms with E-state index in [4.69, 9.17) is 9.84 Å². The van der Waals surface area contributed by atoms with Crippen LogP contribution in [0.5, 0.6) is 0 Å². The van der Waals surface area contributed by atoms with Gasteiger partial charge in [0.1, 0.15) is 5.54 Å². The van der Waals surface area contributed by atoms with E-state index in [2.05, 4.69) is 12.2 Å². The number of rotatable bonds is 9. The smallest absolute Gasteiger partial charge is 0.330 e. The highest BCUT2D eigenvalue weighted by molar-refractivity contribution is 7.99. The minimum atomic E-state index is -0.818. The second kappa shape index (κ2) is 9.07. The minimum Gasteiger partial charge on any atom is -0.467 e. The van der Waals surface area contributed by atoms with Crippen LogP contribution < -0.4 is 5.32 Å². The van der Waals surface area contributed by atoms with Crippen LogP contribution in [0.25, 0.3) is 0 Å². The molecular formula is C16H25NO3S. The molecule has 0 saturated heterocycles. The second-order valence-corrected chi connectivity index (χ2v) is 6.50. The Morgan fingerprint density at radius 1 is 1.43 bits per heavy atom. The van der Waals surface area contributed by atoms with Crippen molar-refractivity contribution in [1.29, 1.82) is 0 Å². The van der Waals surface area contributed by atoms with Gasteiger partial charge >= 0.3 is 5.97 Å². The first-order chi connectivity index (χ1) is 10.1. The van der Waals surface area contributed by atoms with Crippen molar-refractivity contribution in [2.75, 3.05) is 26.5 Å². The number of thioether (sulfide) groups is 1. The molecule has 0 radical (unpaired) electrons. The highest BCUT2D eigenvalue weighted by Gasteiger charge is 2.39. The maximum atomic E-state index is 12.3. The van der Waals surface area contributed by atoms with Crippen molar-refractivity contribution in [3.05, 3.63) is 35.9 Å². The molecule has 0 heterocycles. The van der Waals surface area contributed by atoms with Gasteiger partial charge < -0.3 is 15.2 Å². The van der Waals surface area contributed by atoms with Crippen molar-refractivity contribution in [2.45, 2.75) is 30.6 Å². The van der Waals surface area contributed by atoms with Crippen LogP contribution in [0.1, 0.15) is 25.3 Å². The lowest BCUT2D eigenvalue weighted by atomic mass is 9.87. The zero-order valence-electron chi connectivity index (χ0n) is 13.0. The van der Waals surface area contributed by atoms with E-state index in [-0.39, 0.29) is 12.6 Å². The summed E-state index contributed by atoms with van der Waals surface area (Å²) in [6.07, 6.45) is 1.40. The van der Waals surface area contributed by atoms with Gasteiger partial charge in [-0.3, -0.25) is 0 Å². The fourth-order valence-electron chi connectivity index (χ4n) is 2.31. The van der Waals surface area contributed by atoms with Gasteiger partial charge in [-0.15, -0.1) is 0 Å². The third-order valence-corrected chi connectivity index (χ3v) is 4.89. The van der Waals surface area contributed by atoms with Gasteiger partial charge in [0.05, 0.1) is 7.11 Å². The molecule has 118 valence electrons. The summed E-state index contributed by atoms with van der Waals surface area (Å²) in [5, 5.41) is 12.5. The van der Waals surface area contributed by atoms with Crippen molar-refractivity contribution in [3.8, 4) is 0 Å². The lowest BCUT2D eigenvalue weighted by Crippen LogP contribution is -2.48. The molecule has 0 aliphatic rings. The highest BCUT2D eigenvalue weighted by Crippen LogP contribution is 2.29. The predicted octanol–water partition coefficient (Wildman–Crippen LogP) is 2.17. The Kier molecular flexibility index (Phi) is 7.78. The first-order valence-electron chi connectivity index (χ1n) is 7.16. The molecule has 0 aliphatic heterocycles. The summed E-state index contributed by atoms with van der Waals surface area (Å²) < 4.78 is 5.02. The molecule has 0 fully saturated rings. The lowest BCUT2D eigenvalue weighted by Gasteiger charge is -2.31. The molecule has 0 bridgehead atoms. The van der Waals surface area contributed by atoms with E-state index in [0.29, 0.717) is 11.7 Å². The van der Waals surface area contributed by atoms with Crippen LogP contribution in [0, 0.1) is 0 Å². The molecule has 1 rings (SSSR count). The largest absolute Gasteiger partial charge is 0.467 e. The Hall–Kier alpha value is -1.04. The maximum absolute atomic E-state index is 12.3. The third-order valence-electron chi connectivity index (χ3n) is 3.64. The van der Waals surface area contributed by atoms with Crippen molar-refractivity contribution in [2.24, 2.45) is 0 Å². The van der Waals surface area contributed by atoms with Crippen LogP contribution in [0.15, 0.2) is 30.3 Å². The number of carbonyl (C=O) groups is 1. The van der Waals surface area contributed by atoms with E-state index in [0.717, 1.165) is 17.7 Å². The number of methoxy groups -OCH3 is 1. The summed E-state index contributed by atoms with van der Waals surface area (Å²) in [5.74, 6) is 0.540. The summed E-state index contributed by atoms with van der Waals surface area (Å²) in [4.78, 5) is 12.3. The van der Waals surface area contributed by atoms with Crippen molar-refractivity contribution < 1.29 is 14.6 Å². The summed E-state index contributed by atoms with van der Waals surface area (Å²) >= 11 is 1.76. The Morgan fingerprint density at radius 2 is 2.10 bits per heavy atom. The van der Waals surface area contributed by atoms with Crippen LogP contribution in [0.4, 0.5) is 0 Å². The summed E-state index contributed by atoms with van der Waals surface area (Å²) in [5.41, 5.74) is 0.0943. The van der Waals surface area contributed by atoms with Gasteiger partial charge in [-0.05, 0) is 31.2 Å². The van der Waals surface area contributed by atoms with Crippen molar-refractivity contribution in [3.63, 3.8) is 0 Å². The molecule has 0 saturated carbocycles. The SMILES string of the molecule is CNC(CCSC(C)CCO)(C(=O)OC)c1ccccc1. The molecule has 21 heavy (non-hydrogen) atoms. The number of esters is 1. The molecule has 0 aromatic heterocycles. The number of likely N-dealkylation sites (N-methyl/N-ethyl adjacent to an activating group) is 1. The molecule has 0 amide bonds. The normalized spacial score (nSPS) is 15.2. The topological polar surface area (TPSA) is 58.6 Å². The number of hydrogen-bond donors (Lipinski definition) is 2. The number of carbonyl (C=O) groups excluding carboxylic acids is 1. The van der Waals surface area contributed by atoms with E-state index in [1.165, 1.54) is 7.11 Å². The van der Waals surface area contributed by atoms with Gasteiger partial charge in [-0.25, -0.2) is 4.79 Å². The number of aliphatic hydroxyl groups excluding tert-OH is 1. The monoisotopic (exact) mass is 311 g/mol. The van der Waals surface area contributed by atoms with E-state index >= 15 is 0 Å². The van der Waals surface area contributed by atoms with Gasteiger partial charge in [0.25, 0.3) is 0 Å². The van der Waals surface area contributed by atoms with Crippen molar-refractivity contribution >= 4 is 17.7 Å². The van der Waals surface area contributed by atoms with Gasteiger partial charge in [0.15, 0.2) is 0 Å². The van der Waals surface area contributed by atoms with Gasteiger partial charge in [0.2, 0.25) is 0 Å². The lowest BCUT2D eigenvalue weighted by molar-refractivity contribution is -0.149. The average molecular weight is 311 g/mol. The van der Waals surface area contributed by atoms with Gasteiger partial charge in [-0.1, -0.05) is 37.3 Å². The molecule has 4 nitrogen and oxygen atoms in total. The zero-order chi connectivity index (χ0) is 15.7. The molecular weight excluding hydrogens is 286 g/mol. The summed E-state index contributed by atoms with van der Waals surface area (Å²) in [6, 6.07) is 9.65. The van der Waals surface area contributed by atoms with Crippen LogP contribution in [0.2, 0.25) is 0 Å². The first kappa shape index (κ1) is 18.0. The first-order valence-corrected chi connectivity index (χ1v) is 8.21. The fraction of sp³-hybridized carbons (Fsp3) is 0.562. The zero-order valence-corrected chi connectivity index (χ0v) is 13.8. The number of hydrogen-bond acceptors (Lipinski definition) is 5. The molecule has 1 aromatic rings. The van der Waals surface area contributed by atoms with E-state index in [1.807, 2.05) is 30.3 Å². The number of benzene rings is 1. The molecule has 5 heteroatoms. The molecule has 2 N–H and O–H groups in total. The number of aliphatic hydroxyl groups is 1. The van der Waals surface area contributed by atoms with Crippen LogP contribution in [-0.2, 0) is 15.1 Å². The molecule has 1 aromatic carbocycles. The maximum Gasteiger partial charge on any atom is 0.330 e. The van der Waals surface area contributed by atoms with Crippen LogP contribution in [0.3, 0.4) is 0 Å². The average Bonchev–Trinajstić information content (AvgIpc) is 2.52. The molecule has 0 spiro atoms. The highest BCUT2D eigenvalue weighted by atomic mass is 32.2. The Morgan fingerprint density at radius 3 is 2.62 bits per heavy atom. The quantitative estimate of drug-likeness (QED) is 0.685.